The van der Waals surface area contributed by atoms with Crippen molar-refractivity contribution < 1.29 is 14.0 Å². The van der Waals surface area contributed by atoms with E-state index in [4.69, 9.17) is 0 Å². The largest absolute Gasteiger partial charge is 0.354 e. The van der Waals surface area contributed by atoms with Crippen molar-refractivity contribution in [3.05, 3.63) is 96.3 Å². The van der Waals surface area contributed by atoms with Crippen LogP contribution in [0.3, 0.4) is 0 Å². The van der Waals surface area contributed by atoms with Crippen LogP contribution in [-0.2, 0) is 16.0 Å². The lowest BCUT2D eigenvalue weighted by atomic mass is 10.1. The van der Waals surface area contributed by atoms with Gasteiger partial charge in [0.15, 0.2) is 11.0 Å². The molecule has 3 aromatic carbocycles. The third-order valence-corrected chi connectivity index (χ3v) is 6.04. The lowest BCUT2D eigenvalue weighted by Crippen LogP contribution is -2.38. The minimum absolute atomic E-state index is 0.0612. The van der Waals surface area contributed by atoms with Crippen molar-refractivity contribution in [2.75, 3.05) is 18.8 Å². The van der Waals surface area contributed by atoms with Gasteiger partial charge in [-0.1, -0.05) is 60.3 Å². The molecule has 7 nitrogen and oxygen atoms in total. The van der Waals surface area contributed by atoms with Crippen LogP contribution >= 0.6 is 11.8 Å². The first kappa shape index (κ1) is 24.2. The smallest absolute Gasteiger partial charge is 0.239 e. The van der Waals surface area contributed by atoms with Gasteiger partial charge >= 0.3 is 0 Å². The third-order valence-electron chi connectivity index (χ3n) is 5.11. The number of para-hydroxylation sites is 1. The van der Waals surface area contributed by atoms with Crippen LogP contribution in [0, 0.1) is 5.82 Å². The number of carbonyl (C=O) groups is 2. The normalized spacial score (nSPS) is 10.7. The second-order valence-corrected chi connectivity index (χ2v) is 8.58. The third kappa shape index (κ3) is 6.77. The van der Waals surface area contributed by atoms with Crippen LogP contribution in [0.2, 0.25) is 0 Å². The first-order valence-corrected chi connectivity index (χ1v) is 12.1. The van der Waals surface area contributed by atoms with E-state index in [9.17, 15) is 14.0 Å². The van der Waals surface area contributed by atoms with Crippen LogP contribution in [0.15, 0.2) is 90.1 Å². The van der Waals surface area contributed by atoms with E-state index < -0.39 is 0 Å². The van der Waals surface area contributed by atoms with Gasteiger partial charge in [0.2, 0.25) is 11.8 Å². The quantitative estimate of drug-likeness (QED) is 0.332. The van der Waals surface area contributed by atoms with Crippen molar-refractivity contribution in [1.82, 2.24) is 25.4 Å². The summed E-state index contributed by atoms with van der Waals surface area (Å²) in [5.41, 5.74) is 2.65. The zero-order valence-corrected chi connectivity index (χ0v) is 19.7. The van der Waals surface area contributed by atoms with E-state index >= 15 is 0 Å². The summed E-state index contributed by atoms with van der Waals surface area (Å²) in [5, 5.41) is 14.5. The fraction of sp³-hybridized carbons (Fsp3) is 0.154. The summed E-state index contributed by atoms with van der Waals surface area (Å²) in [5.74, 6) is -0.276. The fourth-order valence-electron chi connectivity index (χ4n) is 3.37. The van der Waals surface area contributed by atoms with Crippen molar-refractivity contribution in [1.29, 1.82) is 0 Å². The highest BCUT2D eigenvalue weighted by atomic mass is 32.2. The van der Waals surface area contributed by atoms with Crippen molar-refractivity contribution in [3.8, 4) is 17.1 Å². The topological polar surface area (TPSA) is 88.9 Å². The SMILES string of the molecule is O=C(CNC(=O)CSc1nnc(-c2ccc(F)cc2)n1-c1ccccc1)NCCc1ccccc1. The number of rotatable bonds is 10. The van der Waals surface area contributed by atoms with E-state index in [0.29, 0.717) is 23.1 Å². The molecule has 35 heavy (non-hydrogen) atoms. The molecule has 0 radical (unpaired) electrons. The Bertz CT molecular complexity index is 1260. The number of nitrogens with one attached hydrogen (secondary N) is 2. The Labute approximate surface area is 206 Å². The number of nitrogens with zero attached hydrogens (tertiary/aromatic N) is 3. The Morgan fingerprint density at radius 2 is 1.51 bits per heavy atom. The Kier molecular flexibility index (Phi) is 8.24. The van der Waals surface area contributed by atoms with Crippen molar-refractivity contribution in [2.45, 2.75) is 11.6 Å². The van der Waals surface area contributed by atoms with Gasteiger partial charge in [0.05, 0.1) is 12.3 Å². The molecule has 0 aliphatic heterocycles. The van der Waals surface area contributed by atoms with Gasteiger partial charge in [0, 0.05) is 17.8 Å². The van der Waals surface area contributed by atoms with E-state index in [1.54, 1.807) is 12.1 Å². The van der Waals surface area contributed by atoms with Crippen LogP contribution in [0.4, 0.5) is 4.39 Å². The first-order valence-electron chi connectivity index (χ1n) is 11.1. The number of benzene rings is 3. The molecule has 2 amide bonds. The molecule has 0 spiro atoms. The molecule has 0 saturated heterocycles. The second kappa shape index (κ2) is 11.9. The van der Waals surface area contributed by atoms with Crippen LogP contribution in [-0.4, -0.2) is 45.4 Å². The summed E-state index contributed by atoms with van der Waals surface area (Å²) >= 11 is 1.21. The lowest BCUT2D eigenvalue weighted by Gasteiger charge is -2.10. The zero-order valence-electron chi connectivity index (χ0n) is 18.9. The number of halogens is 1. The number of amides is 2. The first-order chi connectivity index (χ1) is 17.1. The van der Waals surface area contributed by atoms with Gasteiger partial charge in [-0.25, -0.2) is 4.39 Å². The average Bonchev–Trinajstić information content (AvgIpc) is 3.32. The maximum atomic E-state index is 13.4. The number of thioether (sulfide) groups is 1. The number of hydrogen-bond donors (Lipinski definition) is 2. The van der Waals surface area contributed by atoms with E-state index in [2.05, 4.69) is 20.8 Å². The van der Waals surface area contributed by atoms with Crippen LogP contribution in [0.5, 0.6) is 0 Å². The minimum Gasteiger partial charge on any atom is -0.354 e. The Balaban J connectivity index is 1.33. The molecule has 178 valence electrons. The maximum absolute atomic E-state index is 13.4. The van der Waals surface area contributed by atoms with Crippen LogP contribution < -0.4 is 10.6 Å². The number of carbonyl (C=O) groups excluding carboxylic acids is 2. The van der Waals surface area contributed by atoms with Gasteiger partial charge in [-0.05, 0) is 48.4 Å². The van der Waals surface area contributed by atoms with E-state index in [0.717, 1.165) is 17.7 Å². The highest BCUT2D eigenvalue weighted by Crippen LogP contribution is 2.28. The molecular formula is C26H24FN5O2S. The maximum Gasteiger partial charge on any atom is 0.239 e. The number of hydrogen-bond acceptors (Lipinski definition) is 5. The van der Waals surface area contributed by atoms with Gasteiger partial charge in [0.1, 0.15) is 5.82 Å². The summed E-state index contributed by atoms with van der Waals surface area (Å²) < 4.78 is 15.2. The summed E-state index contributed by atoms with van der Waals surface area (Å²) in [6.45, 7) is 0.403. The predicted molar refractivity (Wildman–Crippen MR) is 134 cm³/mol. The van der Waals surface area contributed by atoms with Gasteiger partial charge in [-0.3, -0.25) is 14.2 Å². The molecule has 0 fully saturated rings. The highest BCUT2D eigenvalue weighted by Gasteiger charge is 2.17. The fourth-order valence-corrected chi connectivity index (χ4v) is 4.15. The Hall–Kier alpha value is -3.98. The van der Waals surface area contributed by atoms with Gasteiger partial charge < -0.3 is 10.6 Å². The van der Waals surface area contributed by atoms with Gasteiger partial charge in [-0.2, -0.15) is 0 Å². The molecule has 4 rings (SSSR count). The van der Waals surface area contributed by atoms with E-state index in [1.807, 2.05) is 65.2 Å². The number of aromatic nitrogens is 3. The van der Waals surface area contributed by atoms with Crippen molar-refractivity contribution in [2.24, 2.45) is 0 Å². The second-order valence-electron chi connectivity index (χ2n) is 7.63. The Morgan fingerprint density at radius 1 is 0.829 bits per heavy atom. The molecule has 1 heterocycles. The summed E-state index contributed by atoms with van der Waals surface area (Å²) in [7, 11) is 0. The average molecular weight is 490 g/mol. The molecule has 0 aliphatic rings. The lowest BCUT2D eigenvalue weighted by molar-refractivity contribution is -0.124. The monoisotopic (exact) mass is 489 g/mol. The van der Waals surface area contributed by atoms with Crippen molar-refractivity contribution >= 4 is 23.6 Å². The highest BCUT2D eigenvalue weighted by molar-refractivity contribution is 7.99. The van der Waals surface area contributed by atoms with Crippen molar-refractivity contribution in [3.63, 3.8) is 0 Å². The molecule has 9 heteroatoms. The molecule has 0 unspecified atom stereocenters. The van der Waals surface area contributed by atoms with E-state index in [1.165, 1.54) is 23.9 Å². The Morgan fingerprint density at radius 3 is 2.23 bits per heavy atom. The molecule has 4 aromatic rings. The molecular weight excluding hydrogens is 465 g/mol. The summed E-state index contributed by atoms with van der Waals surface area (Å²) in [4.78, 5) is 24.4. The minimum atomic E-state index is -0.338. The molecule has 0 bridgehead atoms. The molecule has 0 atom stereocenters. The van der Waals surface area contributed by atoms with Crippen LogP contribution in [0.25, 0.3) is 17.1 Å². The molecule has 0 saturated carbocycles. The predicted octanol–water partition coefficient (Wildman–Crippen LogP) is 3.64. The standard InChI is InChI=1S/C26H24FN5O2S/c27-21-13-11-20(12-14-21)25-30-31-26(32(25)22-9-5-2-6-10-22)35-18-24(34)29-17-23(33)28-16-15-19-7-3-1-4-8-19/h1-14H,15-18H2,(H,28,33)(H,29,34). The molecule has 2 N–H and O–H groups in total. The molecule has 1 aromatic heterocycles. The van der Waals surface area contributed by atoms with Gasteiger partial charge in [0.25, 0.3) is 0 Å². The summed E-state index contributed by atoms with van der Waals surface area (Å²) in [6, 6.07) is 25.3. The zero-order chi connectivity index (χ0) is 24.5. The van der Waals surface area contributed by atoms with Gasteiger partial charge in [-0.15, -0.1) is 10.2 Å². The summed E-state index contributed by atoms with van der Waals surface area (Å²) in [6.07, 6.45) is 0.724. The van der Waals surface area contributed by atoms with Crippen LogP contribution in [0.1, 0.15) is 5.56 Å². The molecule has 0 aliphatic carbocycles. The van der Waals surface area contributed by atoms with E-state index in [-0.39, 0.29) is 29.9 Å².